The Labute approximate surface area is 390 Å². The number of aromatic nitrogens is 3. The van der Waals surface area contributed by atoms with Crippen LogP contribution in [0.4, 0.5) is 0 Å². The molecule has 0 aliphatic heterocycles. The van der Waals surface area contributed by atoms with Gasteiger partial charge in [-0.15, -0.1) is 0 Å². The fraction of sp³-hybridized carbons (Fsp3) is 0.188. The molecule has 0 radical (unpaired) electrons. The summed E-state index contributed by atoms with van der Waals surface area (Å²) in [6, 6.07) is 60.7. The van der Waals surface area contributed by atoms with E-state index in [1.54, 1.807) is 0 Å². The van der Waals surface area contributed by atoms with E-state index < -0.39 is 0 Å². The fourth-order valence-corrected chi connectivity index (χ4v) is 12.0. The molecule has 324 valence electrons. The van der Waals surface area contributed by atoms with Crippen LogP contribution < -0.4 is 0 Å². The first-order chi connectivity index (χ1) is 32.1. The Morgan fingerprint density at radius 1 is 0.313 bits per heavy atom. The van der Waals surface area contributed by atoms with E-state index in [9.17, 15) is 0 Å². The molecular formula is C64H53N3. The number of hydrogen-bond acceptors (Lipinski definition) is 0. The number of nitrogens with zero attached hydrogens (tertiary/aromatic N) is 3. The molecule has 0 bridgehead atoms. The molecule has 5 heterocycles. The second kappa shape index (κ2) is 12.7. The average Bonchev–Trinajstić information content (AvgIpc) is 4.09. The van der Waals surface area contributed by atoms with Crippen LogP contribution in [0.5, 0.6) is 0 Å². The van der Waals surface area contributed by atoms with Crippen molar-refractivity contribution in [3.05, 3.63) is 174 Å². The van der Waals surface area contributed by atoms with Crippen molar-refractivity contribution in [2.24, 2.45) is 0 Å². The molecule has 5 aromatic heterocycles. The smallest absolute Gasteiger partial charge is 0.0626 e. The highest BCUT2D eigenvalue weighted by Crippen LogP contribution is 2.50. The highest BCUT2D eigenvalue weighted by atomic mass is 15.0. The summed E-state index contributed by atoms with van der Waals surface area (Å²) >= 11 is 0. The molecule has 0 saturated heterocycles. The number of rotatable bonds is 2. The van der Waals surface area contributed by atoms with Gasteiger partial charge >= 0.3 is 0 Å². The van der Waals surface area contributed by atoms with Gasteiger partial charge in [-0.2, -0.15) is 0 Å². The summed E-state index contributed by atoms with van der Waals surface area (Å²) in [6.07, 6.45) is 0. The molecular weight excluding hydrogens is 811 g/mol. The van der Waals surface area contributed by atoms with Crippen LogP contribution in [0.2, 0.25) is 0 Å². The highest BCUT2D eigenvalue weighted by molar-refractivity contribution is 6.34. The van der Waals surface area contributed by atoms with Gasteiger partial charge in [-0.3, -0.25) is 0 Å². The lowest BCUT2D eigenvalue weighted by Crippen LogP contribution is -2.11. The van der Waals surface area contributed by atoms with Crippen LogP contribution in [0.1, 0.15) is 79.0 Å². The van der Waals surface area contributed by atoms with Gasteiger partial charge in [-0.05, 0) is 134 Å². The third-order valence-electron chi connectivity index (χ3n) is 15.5. The Morgan fingerprint density at radius 2 is 0.851 bits per heavy atom. The molecule has 14 rings (SSSR count). The molecule has 14 aromatic rings. The SMILES string of the molecule is CC(C)(C)c1ccc2c(c1)c1cc3ccccc3c3c4cc5c(cc4n2c13)c1cc(C(C)(C)C)cc2c3cc(C(C)(C)C)cc(-c4ccc6c(c4)c4ccccc4n6-c4ccccc4)c3n5c12. The minimum Gasteiger partial charge on any atom is -0.309 e. The predicted molar refractivity (Wildman–Crippen MR) is 289 cm³/mol. The summed E-state index contributed by atoms with van der Waals surface area (Å²) in [5.41, 5.74) is 17.8. The van der Waals surface area contributed by atoms with E-state index in [4.69, 9.17) is 0 Å². The van der Waals surface area contributed by atoms with Crippen molar-refractivity contribution in [1.82, 2.24) is 13.4 Å². The summed E-state index contributed by atoms with van der Waals surface area (Å²) in [4.78, 5) is 0. The molecule has 0 amide bonds. The monoisotopic (exact) mass is 863 g/mol. The molecule has 0 aliphatic carbocycles. The number of benzene rings is 9. The zero-order chi connectivity index (χ0) is 45.6. The second-order valence-corrected chi connectivity index (χ2v) is 22.7. The molecule has 0 aliphatic rings. The van der Waals surface area contributed by atoms with E-state index in [0.29, 0.717) is 0 Å². The van der Waals surface area contributed by atoms with Crippen LogP contribution in [0, 0.1) is 0 Å². The van der Waals surface area contributed by atoms with Gasteiger partial charge < -0.3 is 13.4 Å². The van der Waals surface area contributed by atoms with E-state index in [0.717, 1.165) is 0 Å². The minimum absolute atomic E-state index is 0.0458. The second-order valence-electron chi connectivity index (χ2n) is 22.7. The van der Waals surface area contributed by atoms with Gasteiger partial charge in [0.15, 0.2) is 0 Å². The van der Waals surface area contributed by atoms with Crippen LogP contribution >= 0.6 is 0 Å². The first-order valence-electron chi connectivity index (χ1n) is 24.1. The van der Waals surface area contributed by atoms with Crippen molar-refractivity contribution in [3.63, 3.8) is 0 Å². The highest BCUT2D eigenvalue weighted by Gasteiger charge is 2.29. The standard InChI is InChI=1S/C64H53N3/c1-62(2,3)38-24-26-55-46(29-38)48-28-36-17-13-14-20-42(36)58-52-35-56-47(34-57(52)66(55)61(48)58)49-31-40(64(7,8)9)33-51-50-32-39(63(4,5)6)30-44(59(50)67(56)60(49)51)37-23-25-54-45(27-37)43-21-15-16-22-53(43)65(54)41-18-11-10-12-19-41/h10-35H,1-9H3. The maximum absolute atomic E-state index is 2.66. The van der Waals surface area contributed by atoms with Crippen molar-refractivity contribution in [1.29, 1.82) is 0 Å². The average molecular weight is 864 g/mol. The molecule has 0 fully saturated rings. The van der Waals surface area contributed by atoms with Crippen molar-refractivity contribution in [3.8, 4) is 16.8 Å². The summed E-state index contributed by atoms with van der Waals surface area (Å²) in [7, 11) is 0. The Balaban J connectivity index is 1.16. The van der Waals surface area contributed by atoms with E-state index in [1.165, 1.54) is 142 Å². The van der Waals surface area contributed by atoms with Crippen molar-refractivity contribution in [2.45, 2.75) is 78.6 Å². The zero-order valence-electron chi connectivity index (χ0n) is 39.9. The fourth-order valence-electron chi connectivity index (χ4n) is 12.0. The van der Waals surface area contributed by atoms with Gasteiger partial charge in [0.05, 0.1) is 44.1 Å². The lowest BCUT2D eigenvalue weighted by molar-refractivity contribution is 0.591. The van der Waals surface area contributed by atoms with Gasteiger partial charge in [0, 0.05) is 65.1 Å². The number of hydrogen-bond donors (Lipinski definition) is 0. The van der Waals surface area contributed by atoms with Crippen LogP contribution in [-0.2, 0) is 16.2 Å². The summed E-state index contributed by atoms with van der Waals surface area (Å²) in [6.45, 7) is 21.1. The van der Waals surface area contributed by atoms with E-state index in [2.05, 4.69) is 233 Å². The third-order valence-corrected chi connectivity index (χ3v) is 15.5. The molecule has 3 heteroatoms. The topological polar surface area (TPSA) is 13.8 Å². The number of fused-ring (bicyclic) bond motifs is 17. The normalized spacial score (nSPS) is 13.4. The maximum atomic E-state index is 2.66. The molecule has 0 unspecified atom stereocenters. The Kier molecular flexibility index (Phi) is 7.39. The summed E-state index contributed by atoms with van der Waals surface area (Å²) in [5.74, 6) is 0. The van der Waals surface area contributed by atoms with Gasteiger partial charge in [-0.1, -0.05) is 135 Å². The number of para-hydroxylation sites is 2. The Bertz CT molecular complexity index is 4410. The molecule has 0 spiro atoms. The van der Waals surface area contributed by atoms with Gasteiger partial charge in [0.25, 0.3) is 0 Å². The first kappa shape index (κ1) is 38.9. The third kappa shape index (κ3) is 5.18. The molecule has 0 saturated carbocycles. The van der Waals surface area contributed by atoms with Crippen molar-refractivity contribution in [2.75, 3.05) is 0 Å². The zero-order valence-corrected chi connectivity index (χ0v) is 39.9. The minimum atomic E-state index is -0.0677. The van der Waals surface area contributed by atoms with E-state index >= 15 is 0 Å². The van der Waals surface area contributed by atoms with Crippen LogP contribution in [0.15, 0.2) is 158 Å². The maximum Gasteiger partial charge on any atom is 0.0626 e. The van der Waals surface area contributed by atoms with E-state index in [1.807, 2.05) is 0 Å². The van der Waals surface area contributed by atoms with Gasteiger partial charge in [-0.25, -0.2) is 0 Å². The molecule has 0 atom stereocenters. The first-order valence-corrected chi connectivity index (χ1v) is 24.1. The molecule has 0 N–H and O–H groups in total. The Hall–Kier alpha value is -7.36. The lowest BCUT2D eigenvalue weighted by atomic mass is 9.83. The molecule has 9 aromatic carbocycles. The largest absolute Gasteiger partial charge is 0.309 e. The van der Waals surface area contributed by atoms with Crippen molar-refractivity contribution < 1.29 is 0 Å². The molecule has 3 nitrogen and oxygen atoms in total. The van der Waals surface area contributed by atoms with Crippen LogP contribution in [0.25, 0.3) is 126 Å². The van der Waals surface area contributed by atoms with Crippen LogP contribution in [0.3, 0.4) is 0 Å². The van der Waals surface area contributed by atoms with Gasteiger partial charge in [0.2, 0.25) is 0 Å². The summed E-state index contributed by atoms with van der Waals surface area (Å²) < 4.78 is 7.67. The van der Waals surface area contributed by atoms with Gasteiger partial charge in [0.1, 0.15) is 0 Å². The Morgan fingerprint density at radius 3 is 1.60 bits per heavy atom. The van der Waals surface area contributed by atoms with Crippen LogP contribution in [-0.4, -0.2) is 13.4 Å². The summed E-state index contributed by atoms with van der Waals surface area (Å²) in [5, 5.41) is 15.7. The predicted octanol–water partition coefficient (Wildman–Crippen LogP) is 17.8. The van der Waals surface area contributed by atoms with E-state index in [-0.39, 0.29) is 16.2 Å². The molecule has 67 heavy (non-hydrogen) atoms. The lowest BCUT2D eigenvalue weighted by Gasteiger charge is -2.22. The van der Waals surface area contributed by atoms with Crippen molar-refractivity contribution >= 4 is 109 Å². The quantitative estimate of drug-likeness (QED) is 0.164.